The Balaban J connectivity index is 2.54. The van der Waals surface area contributed by atoms with Gasteiger partial charge in [-0.3, -0.25) is 0 Å². The van der Waals surface area contributed by atoms with E-state index in [0.717, 1.165) is 19.4 Å². The summed E-state index contributed by atoms with van der Waals surface area (Å²) in [5.74, 6) is 0. The van der Waals surface area contributed by atoms with Gasteiger partial charge in [-0.05, 0) is 23.6 Å². The van der Waals surface area contributed by atoms with Gasteiger partial charge in [-0.25, -0.2) is 0 Å². The van der Waals surface area contributed by atoms with Crippen molar-refractivity contribution in [3.05, 3.63) is 29.8 Å². The van der Waals surface area contributed by atoms with Crippen molar-refractivity contribution < 1.29 is 4.43 Å². The quantitative estimate of drug-likeness (QED) is 0.511. The van der Waals surface area contributed by atoms with Crippen LogP contribution in [0.5, 0.6) is 0 Å². The van der Waals surface area contributed by atoms with Crippen LogP contribution in [-0.4, -0.2) is 16.4 Å². The van der Waals surface area contributed by atoms with Crippen molar-refractivity contribution >= 4 is 14.9 Å². The molecule has 0 bridgehead atoms. The number of benzene rings is 1. The molecule has 0 atom stereocenters. The third-order valence-electron chi connectivity index (χ3n) is 1.89. The Hall–Kier alpha value is -0.603. The Bertz CT molecular complexity index is 248. The molecule has 0 spiro atoms. The summed E-state index contributed by atoms with van der Waals surface area (Å²) in [5, 5.41) is 1.36. The predicted octanol–water partition coefficient (Wildman–Crippen LogP) is 1.92. The van der Waals surface area contributed by atoms with E-state index in [4.69, 9.17) is 4.43 Å². The van der Waals surface area contributed by atoms with Crippen molar-refractivity contribution in [3.63, 3.8) is 0 Å². The van der Waals surface area contributed by atoms with E-state index in [1.54, 1.807) is 0 Å². The maximum absolute atomic E-state index is 5.54. The van der Waals surface area contributed by atoms with Crippen molar-refractivity contribution in [2.24, 2.45) is 0 Å². The molecule has 0 unspecified atom stereocenters. The summed E-state index contributed by atoms with van der Waals surface area (Å²) in [5.41, 5.74) is 1.41. The van der Waals surface area contributed by atoms with Crippen molar-refractivity contribution in [3.8, 4) is 0 Å². The maximum atomic E-state index is 5.54. The molecular formula is C11H16OSi. The minimum absolute atomic E-state index is 0.517. The summed E-state index contributed by atoms with van der Waals surface area (Å²) in [4.78, 5) is 0. The highest BCUT2D eigenvalue weighted by molar-refractivity contribution is 6.47. The number of aryl methyl sites for hydroxylation is 1. The molecule has 1 aromatic carbocycles. The third kappa shape index (κ3) is 3.33. The molecule has 0 aliphatic heterocycles. The zero-order valence-electron chi connectivity index (χ0n) is 8.34. The molecule has 1 rings (SSSR count). The number of hydrogen-bond acceptors (Lipinski definition) is 1. The lowest BCUT2D eigenvalue weighted by molar-refractivity contribution is 0.341. The molecule has 0 saturated carbocycles. The standard InChI is InChI=1S/C11H16OSi/c1-3-9-12-13-11-8-6-5-7-10(11)4-2/h5-8H,3-4,9H2,1-2H3. The lowest BCUT2D eigenvalue weighted by atomic mass is 10.2. The first-order chi connectivity index (χ1) is 6.38. The van der Waals surface area contributed by atoms with Crippen LogP contribution in [0.1, 0.15) is 25.8 Å². The Labute approximate surface area is 83.1 Å². The van der Waals surface area contributed by atoms with Crippen LogP contribution in [-0.2, 0) is 10.8 Å². The molecule has 0 heterocycles. The first kappa shape index (κ1) is 10.5. The Morgan fingerprint density at radius 3 is 2.69 bits per heavy atom. The summed E-state index contributed by atoms with van der Waals surface area (Å²) >= 11 is 0. The SMILES string of the molecule is CCCO[Si]c1ccccc1CC. The molecule has 70 valence electrons. The van der Waals surface area contributed by atoms with Gasteiger partial charge in [-0.15, -0.1) is 0 Å². The second kappa shape index (κ2) is 5.94. The van der Waals surface area contributed by atoms with Crippen molar-refractivity contribution in [1.82, 2.24) is 0 Å². The lowest BCUT2D eigenvalue weighted by Crippen LogP contribution is -2.21. The Morgan fingerprint density at radius 1 is 1.23 bits per heavy atom. The number of rotatable bonds is 5. The zero-order valence-corrected chi connectivity index (χ0v) is 9.34. The zero-order chi connectivity index (χ0) is 9.52. The molecular weight excluding hydrogens is 176 g/mol. The van der Waals surface area contributed by atoms with Gasteiger partial charge in [-0.1, -0.05) is 38.1 Å². The van der Waals surface area contributed by atoms with Crippen molar-refractivity contribution in [2.45, 2.75) is 26.7 Å². The van der Waals surface area contributed by atoms with E-state index in [-0.39, 0.29) is 0 Å². The summed E-state index contributed by atoms with van der Waals surface area (Å²) < 4.78 is 5.54. The fourth-order valence-electron chi connectivity index (χ4n) is 1.16. The smallest absolute Gasteiger partial charge is 0.268 e. The highest BCUT2D eigenvalue weighted by Gasteiger charge is 2.00. The van der Waals surface area contributed by atoms with E-state index in [2.05, 4.69) is 38.1 Å². The van der Waals surface area contributed by atoms with E-state index in [1.807, 2.05) is 0 Å². The lowest BCUT2D eigenvalue weighted by Gasteiger charge is -2.05. The molecule has 1 aromatic rings. The average molecular weight is 192 g/mol. The van der Waals surface area contributed by atoms with E-state index in [1.165, 1.54) is 10.8 Å². The van der Waals surface area contributed by atoms with Gasteiger partial charge < -0.3 is 4.43 Å². The van der Waals surface area contributed by atoms with Crippen LogP contribution in [0.25, 0.3) is 0 Å². The highest BCUT2D eigenvalue weighted by atomic mass is 28.2. The van der Waals surface area contributed by atoms with Gasteiger partial charge in [0, 0.05) is 6.61 Å². The second-order valence-corrected chi connectivity index (χ2v) is 3.99. The van der Waals surface area contributed by atoms with Crippen molar-refractivity contribution in [2.75, 3.05) is 6.61 Å². The van der Waals surface area contributed by atoms with E-state index in [9.17, 15) is 0 Å². The molecule has 0 saturated heterocycles. The molecule has 0 N–H and O–H groups in total. The predicted molar refractivity (Wildman–Crippen MR) is 57.5 cm³/mol. The van der Waals surface area contributed by atoms with Crippen LogP contribution in [0.15, 0.2) is 24.3 Å². The fourth-order valence-corrected chi connectivity index (χ4v) is 2.18. The van der Waals surface area contributed by atoms with Gasteiger partial charge in [-0.2, -0.15) is 0 Å². The van der Waals surface area contributed by atoms with Gasteiger partial charge in [0.15, 0.2) is 0 Å². The van der Waals surface area contributed by atoms with Crippen LogP contribution in [0.4, 0.5) is 0 Å². The molecule has 13 heavy (non-hydrogen) atoms. The van der Waals surface area contributed by atoms with Crippen LogP contribution in [0.3, 0.4) is 0 Å². The summed E-state index contributed by atoms with van der Waals surface area (Å²) in [6.07, 6.45) is 2.19. The van der Waals surface area contributed by atoms with E-state index >= 15 is 0 Å². The van der Waals surface area contributed by atoms with Crippen LogP contribution in [0, 0.1) is 0 Å². The van der Waals surface area contributed by atoms with Crippen molar-refractivity contribution in [1.29, 1.82) is 0 Å². The normalized spacial score (nSPS) is 10.3. The van der Waals surface area contributed by atoms with E-state index < -0.39 is 0 Å². The minimum Gasteiger partial charge on any atom is -0.411 e. The average Bonchev–Trinajstić information content (AvgIpc) is 2.19. The molecule has 0 fully saturated rings. The number of hydrogen-bond donors (Lipinski definition) is 0. The maximum Gasteiger partial charge on any atom is 0.268 e. The topological polar surface area (TPSA) is 9.23 Å². The van der Waals surface area contributed by atoms with Gasteiger partial charge in [0.2, 0.25) is 0 Å². The largest absolute Gasteiger partial charge is 0.411 e. The molecule has 0 aliphatic rings. The minimum atomic E-state index is 0.517. The fraction of sp³-hybridized carbons (Fsp3) is 0.455. The summed E-state index contributed by atoms with van der Waals surface area (Å²) in [7, 11) is 0.517. The van der Waals surface area contributed by atoms with Gasteiger partial charge in [0.25, 0.3) is 9.76 Å². The first-order valence-corrected chi connectivity index (χ1v) is 5.75. The van der Waals surface area contributed by atoms with Crippen LogP contribution in [0.2, 0.25) is 0 Å². The molecule has 2 heteroatoms. The molecule has 2 radical (unpaired) electrons. The van der Waals surface area contributed by atoms with E-state index in [0.29, 0.717) is 9.76 Å². The Morgan fingerprint density at radius 2 is 2.00 bits per heavy atom. The first-order valence-electron chi connectivity index (χ1n) is 4.84. The second-order valence-electron chi connectivity index (χ2n) is 2.96. The molecule has 1 nitrogen and oxygen atoms in total. The van der Waals surface area contributed by atoms with Crippen LogP contribution < -0.4 is 5.19 Å². The highest BCUT2D eigenvalue weighted by Crippen LogP contribution is 1.96. The third-order valence-corrected chi connectivity index (χ3v) is 2.94. The monoisotopic (exact) mass is 192 g/mol. The molecule has 0 aromatic heterocycles. The molecule has 0 amide bonds. The summed E-state index contributed by atoms with van der Waals surface area (Å²) in [6, 6.07) is 8.51. The molecule has 0 aliphatic carbocycles. The van der Waals surface area contributed by atoms with Gasteiger partial charge >= 0.3 is 0 Å². The summed E-state index contributed by atoms with van der Waals surface area (Å²) in [6.45, 7) is 5.19. The van der Waals surface area contributed by atoms with Gasteiger partial charge in [0.05, 0.1) is 0 Å². The Kier molecular flexibility index (Phi) is 4.79. The van der Waals surface area contributed by atoms with Crippen LogP contribution >= 0.6 is 0 Å². The van der Waals surface area contributed by atoms with Gasteiger partial charge in [0.1, 0.15) is 0 Å².